The Morgan fingerprint density at radius 2 is 1.87 bits per heavy atom. The van der Waals surface area contributed by atoms with E-state index >= 15 is 0 Å². The van der Waals surface area contributed by atoms with Crippen molar-refractivity contribution in [1.29, 1.82) is 0 Å². The van der Waals surface area contributed by atoms with Gasteiger partial charge in [0, 0.05) is 6.92 Å². The molecule has 1 aliphatic rings. The van der Waals surface area contributed by atoms with Gasteiger partial charge in [-0.1, -0.05) is 41.6 Å². The molecule has 160 valence electrons. The zero-order valence-corrected chi connectivity index (χ0v) is 17.5. The molecule has 1 heterocycles. The van der Waals surface area contributed by atoms with Gasteiger partial charge in [-0.2, -0.15) is 4.98 Å². The average Bonchev–Trinajstić information content (AvgIpc) is 3.39. The lowest BCUT2D eigenvalue weighted by molar-refractivity contribution is -0.129. The smallest absolute Gasteiger partial charge is 0.261 e. The molecule has 4 rings (SSSR count). The predicted octanol–water partition coefficient (Wildman–Crippen LogP) is 3.70. The minimum Gasteiger partial charge on any atom is -0.348 e. The Hall–Kier alpha value is -3.55. The number of aryl methyl sites for hydroxylation is 1. The van der Waals surface area contributed by atoms with Crippen molar-refractivity contribution >= 4 is 11.8 Å². The second-order valence-electron chi connectivity index (χ2n) is 7.89. The molecule has 2 N–H and O–H groups in total. The summed E-state index contributed by atoms with van der Waals surface area (Å²) in [5.41, 5.74) is 1.78. The first-order valence-electron chi connectivity index (χ1n) is 10.1. The van der Waals surface area contributed by atoms with Crippen molar-refractivity contribution in [2.45, 2.75) is 45.2 Å². The summed E-state index contributed by atoms with van der Waals surface area (Å²) in [4.78, 5) is 28.1. The number of hydrogen-bond acceptors (Lipinski definition) is 5. The molecule has 0 bridgehead atoms. The van der Waals surface area contributed by atoms with Gasteiger partial charge < -0.3 is 15.2 Å². The van der Waals surface area contributed by atoms with Crippen LogP contribution in [0.4, 0.5) is 4.39 Å². The highest BCUT2D eigenvalue weighted by atomic mass is 19.1. The van der Waals surface area contributed by atoms with E-state index in [0.29, 0.717) is 24.2 Å². The van der Waals surface area contributed by atoms with E-state index in [1.54, 1.807) is 19.1 Å². The summed E-state index contributed by atoms with van der Waals surface area (Å²) in [5.74, 6) is -0.288. The molecular formula is C23H23FN4O3. The van der Waals surface area contributed by atoms with Crippen LogP contribution in [0.15, 0.2) is 47.0 Å². The van der Waals surface area contributed by atoms with Crippen molar-refractivity contribution in [3.8, 4) is 22.6 Å². The number of carbonyl (C=O) groups is 2. The van der Waals surface area contributed by atoms with Crippen LogP contribution in [-0.2, 0) is 9.59 Å². The zero-order valence-electron chi connectivity index (χ0n) is 17.5. The Morgan fingerprint density at radius 1 is 1.16 bits per heavy atom. The van der Waals surface area contributed by atoms with Crippen molar-refractivity contribution in [2.24, 2.45) is 0 Å². The normalized spacial score (nSPS) is 15.2. The number of benzene rings is 2. The van der Waals surface area contributed by atoms with Gasteiger partial charge in [0.15, 0.2) is 5.82 Å². The van der Waals surface area contributed by atoms with E-state index in [1.807, 2.05) is 31.2 Å². The summed E-state index contributed by atoms with van der Waals surface area (Å²) in [5, 5.41) is 9.46. The first-order chi connectivity index (χ1) is 14.8. The van der Waals surface area contributed by atoms with Crippen molar-refractivity contribution in [1.82, 2.24) is 20.8 Å². The van der Waals surface area contributed by atoms with Crippen molar-refractivity contribution < 1.29 is 18.5 Å². The van der Waals surface area contributed by atoms with Crippen LogP contribution in [0.2, 0.25) is 0 Å². The van der Waals surface area contributed by atoms with Crippen LogP contribution in [0.1, 0.15) is 44.1 Å². The maximum Gasteiger partial charge on any atom is 0.261 e. The van der Waals surface area contributed by atoms with E-state index in [-0.39, 0.29) is 29.3 Å². The maximum atomic E-state index is 14.6. The first-order valence-corrected chi connectivity index (χ1v) is 10.1. The van der Waals surface area contributed by atoms with Gasteiger partial charge in [0.2, 0.25) is 11.8 Å². The van der Waals surface area contributed by atoms with E-state index < -0.39 is 11.4 Å². The van der Waals surface area contributed by atoms with Crippen LogP contribution in [0.3, 0.4) is 0 Å². The Kier molecular flexibility index (Phi) is 5.31. The highest BCUT2D eigenvalue weighted by molar-refractivity contribution is 5.93. The predicted molar refractivity (Wildman–Crippen MR) is 112 cm³/mol. The van der Waals surface area contributed by atoms with Gasteiger partial charge in [0.1, 0.15) is 11.4 Å². The lowest BCUT2D eigenvalue weighted by Crippen LogP contribution is -2.48. The molecule has 1 aliphatic carbocycles. The van der Waals surface area contributed by atoms with Crippen LogP contribution in [0, 0.1) is 12.7 Å². The molecule has 0 saturated heterocycles. The quantitative estimate of drug-likeness (QED) is 0.631. The van der Waals surface area contributed by atoms with Gasteiger partial charge in [0.25, 0.3) is 5.89 Å². The Balaban J connectivity index is 1.55. The molecule has 1 saturated carbocycles. The molecule has 8 heteroatoms. The van der Waals surface area contributed by atoms with Gasteiger partial charge in [-0.25, -0.2) is 4.39 Å². The fourth-order valence-electron chi connectivity index (χ4n) is 3.62. The topological polar surface area (TPSA) is 97.1 Å². The minimum absolute atomic E-state index is 0.128. The summed E-state index contributed by atoms with van der Waals surface area (Å²) in [6.07, 6.45) is 1.28. The van der Waals surface area contributed by atoms with Gasteiger partial charge in [-0.3, -0.25) is 9.59 Å². The second kappa shape index (κ2) is 7.94. The maximum absolute atomic E-state index is 14.6. The Bertz CT molecular complexity index is 1140. The summed E-state index contributed by atoms with van der Waals surface area (Å²) >= 11 is 0. The molecule has 31 heavy (non-hydrogen) atoms. The van der Waals surface area contributed by atoms with Crippen LogP contribution in [0.25, 0.3) is 22.6 Å². The van der Waals surface area contributed by atoms with Gasteiger partial charge in [0.05, 0.1) is 11.6 Å². The third kappa shape index (κ3) is 4.19. The minimum atomic E-state index is -0.779. The standard InChI is InChI=1S/C23H23FN4O3/c1-13(25-22(30)23(11-12-23)27-15(3)29)16-7-9-17(10-8-16)18-5-4-6-19(24)20(18)21-26-14(2)28-31-21/h4-10,13H,11-12H2,1-3H3,(H,25,30)(H,27,29)/t13-/m1/s1. The number of halogens is 1. The van der Waals surface area contributed by atoms with E-state index in [4.69, 9.17) is 4.52 Å². The molecular weight excluding hydrogens is 399 g/mol. The average molecular weight is 422 g/mol. The molecule has 2 aromatic carbocycles. The number of hydrogen-bond donors (Lipinski definition) is 2. The third-order valence-corrected chi connectivity index (χ3v) is 5.42. The Labute approximate surface area is 179 Å². The molecule has 7 nitrogen and oxygen atoms in total. The number of rotatable bonds is 6. The molecule has 0 spiro atoms. The van der Waals surface area contributed by atoms with E-state index in [1.165, 1.54) is 13.0 Å². The SMILES string of the molecule is CC(=O)NC1(C(=O)N[C@H](C)c2ccc(-c3cccc(F)c3-c3nc(C)no3)cc2)CC1. The highest BCUT2D eigenvalue weighted by Gasteiger charge is 2.50. The number of carbonyl (C=O) groups excluding carboxylic acids is 2. The summed E-state index contributed by atoms with van der Waals surface area (Å²) in [7, 11) is 0. The largest absolute Gasteiger partial charge is 0.348 e. The van der Waals surface area contributed by atoms with E-state index in [9.17, 15) is 14.0 Å². The van der Waals surface area contributed by atoms with Crippen molar-refractivity contribution in [2.75, 3.05) is 0 Å². The van der Waals surface area contributed by atoms with Crippen LogP contribution < -0.4 is 10.6 Å². The fraction of sp³-hybridized carbons (Fsp3) is 0.304. The molecule has 1 fully saturated rings. The van der Waals surface area contributed by atoms with E-state index in [2.05, 4.69) is 20.8 Å². The third-order valence-electron chi connectivity index (χ3n) is 5.42. The van der Waals surface area contributed by atoms with E-state index in [0.717, 1.165) is 11.1 Å². The van der Waals surface area contributed by atoms with Crippen molar-refractivity contribution in [3.05, 3.63) is 59.7 Å². The Morgan fingerprint density at radius 3 is 2.45 bits per heavy atom. The number of amides is 2. The monoisotopic (exact) mass is 422 g/mol. The first kappa shape index (κ1) is 20.7. The zero-order chi connectivity index (χ0) is 22.2. The molecule has 3 aromatic rings. The molecule has 1 aromatic heterocycles. The van der Waals surface area contributed by atoms with Crippen molar-refractivity contribution in [3.63, 3.8) is 0 Å². The number of aromatic nitrogens is 2. The lowest BCUT2D eigenvalue weighted by atomic mass is 9.97. The molecule has 2 amide bonds. The van der Waals surface area contributed by atoms with Crippen LogP contribution >= 0.6 is 0 Å². The van der Waals surface area contributed by atoms with Crippen LogP contribution in [0.5, 0.6) is 0 Å². The molecule has 0 unspecified atom stereocenters. The fourth-order valence-corrected chi connectivity index (χ4v) is 3.62. The molecule has 0 radical (unpaired) electrons. The summed E-state index contributed by atoms with van der Waals surface area (Å²) in [6, 6.07) is 12.0. The second-order valence-corrected chi connectivity index (χ2v) is 7.89. The molecule has 1 atom stereocenters. The summed E-state index contributed by atoms with van der Waals surface area (Å²) in [6.45, 7) is 4.97. The number of nitrogens with one attached hydrogen (secondary N) is 2. The summed E-state index contributed by atoms with van der Waals surface area (Å²) < 4.78 is 19.8. The van der Waals surface area contributed by atoms with Gasteiger partial charge in [-0.15, -0.1) is 0 Å². The number of nitrogens with zero attached hydrogens (tertiary/aromatic N) is 2. The molecule has 0 aliphatic heterocycles. The lowest BCUT2D eigenvalue weighted by Gasteiger charge is -2.20. The van der Waals surface area contributed by atoms with Gasteiger partial charge >= 0.3 is 0 Å². The highest BCUT2D eigenvalue weighted by Crippen LogP contribution is 2.37. The van der Waals surface area contributed by atoms with Crippen LogP contribution in [-0.4, -0.2) is 27.5 Å². The van der Waals surface area contributed by atoms with Gasteiger partial charge in [-0.05, 0) is 49.4 Å².